The van der Waals surface area contributed by atoms with E-state index in [0.717, 1.165) is 17.5 Å². The highest BCUT2D eigenvalue weighted by atomic mass is 32.2. The van der Waals surface area contributed by atoms with E-state index in [9.17, 15) is 12.8 Å². The molecule has 0 radical (unpaired) electrons. The monoisotopic (exact) mass is 452 g/mol. The molecule has 1 N–H and O–H groups in total. The van der Waals surface area contributed by atoms with Gasteiger partial charge in [-0.1, -0.05) is 38.1 Å². The van der Waals surface area contributed by atoms with E-state index in [0.29, 0.717) is 29.5 Å². The molecule has 0 saturated heterocycles. The predicted molar refractivity (Wildman–Crippen MR) is 122 cm³/mol. The molecule has 0 amide bonds. The summed E-state index contributed by atoms with van der Waals surface area (Å²) in [6.07, 6.45) is 2.56. The summed E-state index contributed by atoms with van der Waals surface area (Å²) in [5, 5.41) is 0. The van der Waals surface area contributed by atoms with Crippen LogP contribution in [0.15, 0.2) is 71.8 Å². The third-order valence-corrected chi connectivity index (χ3v) is 6.55. The number of fused-ring (bicyclic) bond motifs is 1. The largest absolute Gasteiger partial charge is 0.307 e. The lowest BCUT2D eigenvalue weighted by Crippen LogP contribution is -2.25. The van der Waals surface area contributed by atoms with E-state index in [-0.39, 0.29) is 17.3 Å². The van der Waals surface area contributed by atoms with Gasteiger partial charge in [-0.15, -0.1) is 0 Å². The summed E-state index contributed by atoms with van der Waals surface area (Å²) in [7, 11) is -3.71. The maximum absolute atomic E-state index is 13.3. The van der Waals surface area contributed by atoms with Gasteiger partial charge in [-0.2, -0.15) is 0 Å². The van der Waals surface area contributed by atoms with Gasteiger partial charge in [0, 0.05) is 6.20 Å². The molecule has 0 atom stereocenters. The molecule has 0 aliphatic heterocycles. The van der Waals surface area contributed by atoms with Crippen LogP contribution in [-0.4, -0.2) is 23.0 Å². The van der Waals surface area contributed by atoms with Crippen molar-refractivity contribution in [1.82, 2.24) is 19.3 Å². The summed E-state index contributed by atoms with van der Waals surface area (Å²) in [6.45, 7) is 4.65. The van der Waals surface area contributed by atoms with E-state index in [1.165, 1.54) is 12.1 Å². The Hall–Kier alpha value is -3.10. The average Bonchev–Trinajstić information content (AvgIpc) is 3.11. The van der Waals surface area contributed by atoms with Crippen molar-refractivity contribution in [2.45, 2.75) is 38.3 Å². The van der Waals surface area contributed by atoms with Gasteiger partial charge >= 0.3 is 0 Å². The van der Waals surface area contributed by atoms with Crippen LogP contribution in [0.2, 0.25) is 0 Å². The molecule has 6 nitrogen and oxygen atoms in total. The van der Waals surface area contributed by atoms with E-state index < -0.39 is 10.0 Å². The van der Waals surface area contributed by atoms with Crippen molar-refractivity contribution in [2.75, 3.05) is 0 Å². The van der Waals surface area contributed by atoms with E-state index >= 15 is 0 Å². The fraction of sp³-hybridized carbons (Fsp3) is 0.250. The minimum atomic E-state index is -3.71. The number of aromatic nitrogens is 3. The highest BCUT2D eigenvalue weighted by Gasteiger charge is 2.18. The second kappa shape index (κ2) is 9.18. The van der Waals surface area contributed by atoms with E-state index in [2.05, 4.69) is 28.5 Å². The van der Waals surface area contributed by atoms with Gasteiger partial charge in [-0.05, 0) is 59.9 Å². The van der Waals surface area contributed by atoms with Gasteiger partial charge in [0.2, 0.25) is 10.0 Å². The Labute approximate surface area is 187 Å². The molecular weight excluding hydrogens is 427 g/mol. The Morgan fingerprint density at radius 3 is 2.38 bits per heavy atom. The van der Waals surface area contributed by atoms with Gasteiger partial charge in [-0.25, -0.2) is 27.5 Å². The molecule has 0 spiro atoms. The average molecular weight is 453 g/mol. The van der Waals surface area contributed by atoms with Crippen molar-refractivity contribution in [3.63, 3.8) is 0 Å². The maximum Gasteiger partial charge on any atom is 0.240 e. The molecule has 2 aromatic heterocycles. The smallest absolute Gasteiger partial charge is 0.240 e. The molecule has 166 valence electrons. The highest BCUT2D eigenvalue weighted by molar-refractivity contribution is 7.89. The number of sulfonamides is 1. The standard InChI is InChI=1S/C24H25FN4O2S/c1-17(2)14-18-7-11-21(12-8-18)32(30,31)27-15-23-28-22-4-3-13-26-24(22)29(23)16-19-5-9-20(25)10-6-19/h3-13,17,27H,14-16H2,1-2H3. The number of rotatable bonds is 8. The summed E-state index contributed by atoms with van der Waals surface area (Å²) in [5.74, 6) is 0.719. The number of hydrogen-bond acceptors (Lipinski definition) is 4. The first-order chi connectivity index (χ1) is 15.3. The van der Waals surface area contributed by atoms with Crippen molar-refractivity contribution < 1.29 is 12.8 Å². The molecule has 4 aromatic rings. The molecular formula is C24H25FN4O2S. The minimum absolute atomic E-state index is 0.00757. The number of nitrogens with zero attached hydrogens (tertiary/aromatic N) is 3. The SMILES string of the molecule is CC(C)Cc1ccc(S(=O)(=O)NCc2nc3cccnc3n2Cc2ccc(F)cc2)cc1. The number of hydrogen-bond donors (Lipinski definition) is 1. The first kappa shape index (κ1) is 22.1. The zero-order valence-corrected chi connectivity index (χ0v) is 18.8. The zero-order chi connectivity index (χ0) is 22.7. The maximum atomic E-state index is 13.3. The van der Waals surface area contributed by atoms with Crippen LogP contribution < -0.4 is 4.72 Å². The van der Waals surface area contributed by atoms with E-state index in [1.807, 2.05) is 22.8 Å². The summed E-state index contributed by atoms with van der Waals surface area (Å²) < 4.78 is 43.5. The predicted octanol–water partition coefficient (Wildman–Crippen LogP) is 4.30. The molecule has 2 heterocycles. The highest BCUT2D eigenvalue weighted by Crippen LogP contribution is 2.18. The lowest BCUT2D eigenvalue weighted by molar-refractivity contribution is 0.576. The summed E-state index contributed by atoms with van der Waals surface area (Å²) in [4.78, 5) is 9.18. The number of halogens is 1. The summed E-state index contributed by atoms with van der Waals surface area (Å²) >= 11 is 0. The van der Waals surface area contributed by atoms with Gasteiger partial charge in [0.1, 0.15) is 17.2 Å². The van der Waals surface area contributed by atoms with Crippen molar-refractivity contribution in [3.8, 4) is 0 Å². The molecule has 0 saturated carbocycles. The molecule has 0 fully saturated rings. The molecule has 2 aromatic carbocycles. The molecule has 0 unspecified atom stereocenters. The fourth-order valence-electron chi connectivity index (χ4n) is 3.60. The Kier molecular flexibility index (Phi) is 6.34. The Morgan fingerprint density at radius 1 is 1.00 bits per heavy atom. The quantitative estimate of drug-likeness (QED) is 0.433. The third kappa shape index (κ3) is 5.03. The number of nitrogens with one attached hydrogen (secondary N) is 1. The molecule has 4 rings (SSSR count). The first-order valence-electron chi connectivity index (χ1n) is 10.4. The van der Waals surface area contributed by atoms with Crippen LogP contribution in [0.4, 0.5) is 4.39 Å². The van der Waals surface area contributed by atoms with Crippen LogP contribution in [0.3, 0.4) is 0 Å². The van der Waals surface area contributed by atoms with Crippen molar-refractivity contribution >= 4 is 21.2 Å². The Balaban J connectivity index is 1.57. The minimum Gasteiger partial charge on any atom is -0.307 e. The van der Waals surface area contributed by atoms with Gasteiger partial charge in [0.15, 0.2) is 5.65 Å². The fourth-order valence-corrected chi connectivity index (χ4v) is 4.58. The van der Waals surface area contributed by atoms with Crippen molar-refractivity contribution in [2.24, 2.45) is 5.92 Å². The van der Waals surface area contributed by atoms with Crippen molar-refractivity contribution in [3.05, 3.63) is 89.6 Å². The zero-order valence-electron chi connectivity index (χ0n) is 18.0. The molecule has 0 aliphatic carbocycles. The normalized spacial score (nSPS) is 12.0. The second-order valence-corrected chi connectivity index (χ2v) is 9.92. The Bertz CT molecular complexity index is 1310. The molecule has 32 heavy (non-hydrogen) atoms. The number of benzene rings is 2. The van der Waals surface area contributed by atoms with Gasteiger partial charge < -0.3 is 4.57 Å². The summed E-state index contributed by atoms with van der Waals surface area (Å²) in [5.41, 5.74) is 3.28. The van der Waals surface area contributed by atoms with E-state index in [4.69, 9.17) is 0 Å². The number of imidazole rings is 1. The molecule has 0 bridgehead atoms. The van der Waals surface area contributed by atoms with Gasteiger partial charge in [0.25, 0.3) is 0 Å². The van der Waals surface area contributed by atoms with Crippen LogP contribution in [0.1, 0.15) is 30.8 Å². The topological polar surface area (TPSA) is 76.9 Å². The summed E-state index contributed by atoms with van der Waals surface area (Å²) in [6, 6.07) is 16.7. The van der Waals surface area contributed by atoms with Crippen LogP contribution >= 0.6 is 0 Å². The lowest BCUT2D eigenvalue weighted by Gasteiger charge is -2.11. The molecule has 8 heteroatoms. The van der Waals surface area contributed by atoms with Crippen LogP contribution in [-0.2, 0) is 29.5 Å². The Morgan fingerprint density at radius 2 is 1.69 bits per heavy atom. The second-order valence-electron chi connectivity index (χ2n) is 8.15. The van der Waals surface area contributed by atoms with Crippen LogP contribution in [0.25, 0.3) is 11.2 Å². The third-order valence-electron chi connectivity index (χ3n) is 5.13. The first-order valence-corrected chi connectivity index (χ1v) is 11.9. The van der Waals surface area contributed by atoms with Gasteiger partial charge in [0.05, 0.1) is 18.0 Å². The van der Waals surface area contributed by atoms with Crippen LogP contribution in [0.5, 0.6) is 0 Å². The lowest BCUT2D eigenvalue weighted by atomic mass is 10.0. The number of pyridine rings is 1. The van der Waals surface area contributed by atoms with Crippen LogP contribution in [0, 0.1) is 11.7 Å². The van der Waals surface area contributed by atoms with E-state index in [1.54, 1.807) is 36.5 Å². The van der Waals surface area contributed by atoms with Gasteiger partial charge in [-0.3, -0.25) is 0 Å². The molecule has 0 aliphatic rings. The van der Waals surface area contributed by atoms with Crippen molar-refractivity contribution in [1.29, 1.82) is 0 Å².